The molecule has 174 valence electrons. The molecule has 0 aliphatic carbocycles. The number of aromatic nitrogens is 2. The van der Waals surface area contributed by atoms with Gasteiger partial charge in [-0.05, 0) is 50.1 Å². The van der Waals surface area contributed by atoms with Crippen molar-refractivity contribution in [1.82, 2.24) is 15.1 Å². The number of benzene rings is 2. The van der Waals surface area contributed by atoms with Gasteiger partial charge in [0.25, 0.3) is 0 Å². The van der Waals surface area contributed by atoms with Gasteiger partial charge in [-0.3, -0.25) is 4.79 Å². The van der Waals surface area contributed by atoms with Crippen LogP contribution in [0.3, 0.4) is 0 Å². The van der Waals surface area contributed by atoms with Gasteiger partial charge in [0.15, 0.2) is 5.82 Å². The van der Waals surface area contributed by atoms with E-state index >= 15 is 0 Å². The predicted octanol–water partition coefficient (Wildman–Crippen LogP) is 4.72. The first-order valence-electron chi connectivity index (χ1n) is 10.8. The van der Waals surface area contributed by atoms with Crippen LogP contribution in [0, 0.1) is 13.8 Å². The third-order valence-corrected chi connectivity index (χ3v) is 6.27. The van der Waals surface area contributed by atoms with Crippen molar-refractivity contribution in [2.45, 2.75) is 33.0 Å². The summed E-state index contributed by atoms with van der Waals surface area (Å²) in [6.07, 6.45) is -4.41. The van der Waals surface area contributed by atoms with Crippen molar-refractivity contribution in [3.05, 3.63) is 58.8 Å². The molecule has 1 N–H and O–H groups in total. The smallest absolute Gasteiger partial charge is 0.362 e. The number of halogens is 3. The summed E-state index contributed by atoms with van der Waals surface area (Å²) in [5.41, 5.74) is 1.73. The highest BCUT2D eigenvalue weighted by molar-refractivity contribution is 5.96. The van der Waals surface area contributed by atoms with E-state index in [1.54, 1.807) is 24.9 Å². The number of amides is 1. The van der Waals surface area contributed by atoms with Crippen molar-refractivity contribution in [2.75, 3.05) is 36.9 Å². The van der Waals surface area contributed by atoms with E-state index in [0.29, 0.717) is 31.0 Å². The fraction of sp³-hybridized carbons (Fsp3) is 0.375. The van der Waals surface area contributed by atoms with E-state index in [-0.39, 0.29) is 11.5 Å². The third kappa shape index (κ3) is 4.44. The Hall–Kier alpha value is -3.36. The van der Waals surface area contributed by atoms with Gasteiger partial charge in [0, 0.05) is 36.6 Å². The molecule has 33 heavy (non-hydrogen) atoms. The lowest BCUT2D eigenvalue weighted by Crippen LogP contribution is -2.48. The van der Waals surface area contributed by atoms with E-state index in [9.17, 15) is 18.0 Å². The second-order valence-corrected chi connectivity index (χ2v) is 8.48. The second-order valence-electron chi connectivity index (χ2n) is 8.48. The molecule has 1 fully saturated rings. The molecule has 2 heterocycles. The molecule has 1 aromatic heterocycles. The number of hydrogen-bond donors (Lipinski definition) is 1. The minimum Gasteiger partial charge on any atom is -0.362 e. The van der Waals surface area contributed by atoms with Gasteiger partial charge in [-0.1, -0.05) is 18.2 Å². The lowest BCUT2D eigenvalue weighted by Gasteiger charge is -2.33. The van der Waals surface area contributed by atoms with Gasteiger partial charge in [0.2, 0.25) is 5.91 Å². The number of anilines is 2. The number of rotatable bonds is 4. The van der Waals surface area contributed by atoms with Gasteiger partial charge < -0.3 is 15.1 Å². The molecule has 1 unspecified atom stereocenters. The number of carbonyl (C=O) groups excluding carboxylic acids is 1. The van der Waals surface area contributed by atoms with Crippen molar-refractivity contribution < 1.29 is 18.0 Å². The molecular formula is C24H26F3N5O. The van der Waals surface area contributed by atoms with Crippen LogP contribution in [0.15, 0.2) is 36.4 Å². The van der Waals surface area contributed by atoms with Crippen molar-refractivity contribution in [2.24, 2.45) is 0 Å². The average Bonchev–Trinajstić information content (AvgIpc) is 2.76. The standard InChI is InChI=1S/C24H26F3N5O/c1-14-18(6-5-7-21(14)24(25,26)27)15(2)28-23-20-12-17(8-9-19(20)16(3)29-30-23)32-11-10-31(4)22(33)13-32/h5-9,12,15H,10-11,13H2,1-4H3,(H,28,30). The van der Waals surface area contributed by atoms with Gasteiger partial charge in [0.1, 0.15) is 0 Å². The first-order valence-corrected chi connectivity index (χ1v) is 10.8. The summed E-state index contributed by atoms with van der Waals surface area (Å²) in [6.45, 7) is 6.80. The highest BCUT2D eigenvalue weighted by Crippen LogP contribution is 2.36. The Kier molecular flexibility index (Phi) is 5.90. The highest BCUT2D eigenvalue weighted by Gasteiger charge is 2.33. The number of likely N-dealkylation sites (N-methyl/N-ethyl adjacent to an activating group) is 1. The summed E-state index contributed by atoms with van der Waals surface area (Å²) in [6, 6.07) is 9.64. The number of piperazine rings is 1. The van der Waals surface area contributed by atoms with Crippen LogP contribution in [0.2, 0.25) is 0 Å². The largest absolute Gasteiger partial charge is 0.416 e. The van der Waals surface area contributed by atoms with Crippen molar-refractivity contribution >= 4 is 28.2 Å². The number of aryl methyl sites for hydroxylation is 1. The van der Waals surface area contributed by atoms with E-state index < -0.39 is 17.8 Å². The van der Waals surface area contributed by atoms with Crippen LogP contribution < -0.4 is 10.2 Å². The molecule has 9 heteroatoms. The van der Waals surface area contributed by atoms with Crippen molar-refractivity contribution in [3.8, 4) is 0 Å². The van der Waals surface area contributed by atoms with Crippen LogP contribution in [-0.4, -0.2) is 47.7 Å². The Morgan fingerprint density at radius 1 is 1.06 bits per heavy atom. The third-order valence-electron chi connectivity index (χ3n) is 6.27. The topological polar surface area (TPSA) is 61.4 Å². The number of hydrogen-bond acceptors (Lipinski definition) is 5. The van der Waals surface area contributed by atoms with Crippen LogP contribution in [-0.2, 0) is 11.0 Å². The molecule has 0 spiro atoms. The maximum Gasteiger partial charge on any atom is 0.416 e. The summed E-state index contributed by atoms with van der Waals surface area (Å²) in [4.78, 5) is 15.9. The zero-order valence-corrected chi connectivity index (χ0v) is 19.0. The molecule has 0 bridgehead atoms. The molecule has 0 saturated carbocycles. The molecule has 2 aromatic carbocycles. The Morgan fingerprint density at radius 3 is 2.52 bits per heavy atom. The molecule has 4 rings (SSSR count). The molecule has 6 nitrogen and oxygen atoms in total. The van der Waals surface area contributed by atoms with Crippen molar-refractivity contribution in [3.63, 3.8) is 0 Å². The Labute approximate surface area is 190 Å². The van der Waals surface area contributed by atoms with Crippen LogP contribution in [0.25, 0.3) is 10.8 Å². The Balaban J connectivity index is 1.70. The molecule has 1 saturated heterocycles. The first-order chi connectivity index (χ1) is 15.6. The fourth-order valence-corrected chi connectivity index (χ4v) is 4.27. The zero-order valence-electron chi connectivity index (χ0n) is 19.0. The molecule has 0 radical (unpaired) electrons. The summed E-state index contributed by atoms with van der Waals surface area (Å²) in [7, 11) is 1.79. The highest BCUT2D eigenvalue weighted by atomic mass is 19.4. The Bertz CT molecular complexity index is 1210. The van der Waals surface area contributed by atoms with Gasteiger partial charge in [0.05, 0.1) is 23.8 Å². The van der Waals surface area contributed by atoms with E-state index in [0.717, 1.165) is 28.2 Å². The van der Waals surface area contributed by atoms with E-state index in [1.165, 1.54) is 13.0 Å². The van der Waals surface area contributed by atoms with Crippen LogP contribution >= 0.6 is 0 Å². The first kappa shape index (κ1) is 22.8. The number of carbonyl (C=O) groups is 1. The minimum absolute atomic E-state index is 0.0531. The van der Waals surface area contributed by atoms with Crippen molar-refractivity contribution in [1.29, 1.82) is 0 Å². The molecule has 1 amide bonds. The van der Waals surface area contributed by atoms with Crippen LogP contribution in [0.4, 0.5) is 24.7 Å². The SMILES string of the molecule is Cc1c(C(C)Nc2nnc(C)c3ccc(N4CCN(C)C(=O)C4)cc23)cccc1C(F)(F)F. The lowest BCUT2D eigenvalue weighted by molar-refractivity contribution is -0.138. The number of fused-ring (bicyclic) bond motifs is 1. The number of alkyl halides is 3. The normalized spacial score (nSPS) is 15.8. The van der Waals surface area contributed by atoms with E-state index in [1.807, 2.05) is 30.0 Å². The van der Waals surface area contributed by atoms with Gasteiger partial charge in [-0.25, -0.2) is 0 Å². The van der Waals surface area contributed by atoms with E-state index in [4.69, 9.17) is 0 Å². The average molecular weight is 458 g/mol. The molecule has 1 aliphatic rings. The Morgan fingerprint density at radius 2 is 1.82 bits per heavy atom. The predicted molar refractivity (Wildman–Crippen MR) is 122 cm³/mol. The zero-order chi connectivity index (χ0) is 23.9. The van der Waals surface area contributed by atoms with Gasteiger partial charge >= 0.3 is 6.18 Å². The monoisotopic (exact) mass is 457 g/mol. The van der Waals surface area contributed by atoms with Gasteiger partial charge in [-0.15, -0.1) is 5.10 Å². The van der Waals surface area contributed by atoms with Crippen LogP contribution in [0.5, 0.6) is 0 Å². The number of nitrogens with one attached hydrogen (secondary N) is 1. The second kappa shape index (κ2) is 8.53. The maximum absolute atomic E-state index is 13.4. The quantitative estimate of drug-likeness (QED) is 0.615. The summed E-state index contributed by atoms with van der Waals surface area (Å²) in [5.74, 6) is 0.541. The molecule has 1 aliphatic heterocycles. The molecule has 1 atom stereocenters. The summed E-state index contributed by atoms with van der Waals surface area (Å²) in [5, 5.41) is 13.5. The molecule has 3 aromatic rings. The van der Waals surface area contributed by atoms with E-state index in [2.05, 4.69) is 15.5 Å². The molecular weight excluding hydrogens is 431 g/mol. The van der Waals surface area contributed by atoms with Crippen LogP contribution in [0.1, 0.15) is 35.3 Å². The fourth-order valence-electron chi connectivity index (χ4n) is 4.27. The van der Waals surface area contributed by atoms with Gasteiger partial charge in [-0.2, -0.15) is 18.3 Å². The maximum atomic E-state index is 13.4. The number of nitrogens with zero attached hydrogens (tertiary/aromatic N) is 4. The summed E-state index contributed by atoms with van der Waals surface area (Å²) >= 11 is 0. The summed E-state index contributed by atoms with van der Waals surface area (Å²) < 4.78 is 40.1. The minimum atomic E-state index is -4.41. The lowest BCUT2D eigenvalue weighted by atomic mass is 9.97.